The molecule has 2 aromatic heterocycles. The van der Waals surface area contributed by atoms with Crippen molar-refractivity contribution in [3.63, 3.8) is 0 Å². The molecule has 1 N–H and O–H groups in total. The van der Waals surface area contributed by atoms with Gasteiger partial charge < -0.3 is 14.6 Å². The number of carbonyl (C=O) groups is 2. The van der Waals surface area contributed by atoms with Crippen LogP contribution in [0.15, 0.2) is 35.4 Å². The summed E-state index contributed by atoms with van der Waals surface area (Å²) >= 11 is 1.35. The highest BCUT2D eigenvalue weighted by atomic mass is 32.2. The zero-order chi connectivity index (χ0) is 22.3. The molecule has 0 bridgehead atoms. The van der Waals surface area contributed by atoms with Crippen molar-refractivity contribution >= 4 is 48.6 Å². The summed E-state index contributed by atoms with van der Waals surface area (Å²) in [6.07, 6.45) is 2.32. The lowest BCUT2D eigenvalue weighted by atomic mass is 10.2. The van der Waals surface area contributed by atoms with Gasteiger partial charge in [-0.1, -0.05) is 17.4 Å². The Kier molecular flexibility index (Phi) is 5.58. The SMILES string of the molecule is COC(=O)c1cc(S(=O)(=O)N2CCC[C@H]2C(=O)Nc2nc3ccc(C)cc3s2)cn1C. The number of carbonyl (C=O) groups excluding carboxylic acids is 2. The number of rotatable bonds is 5. The van der Waals surface area contributed by atoms with Gasteiger partial charge in [-0.05, 0) is 43.5 Å². The first-order valence-electron chi connectivity index (χ1n) is 9.65. The normalized spacial score (nSPS) is 17.2. The largest absolute Gasteiger partial charge is 0.464 e. The van der Waals surface area contributed by atoms with Gasteiger partial charge >= 0.3 is 5.97 Å². The minimum absolute atomic E-state index is 0.0504. The minimum Gasteiger partial charge on any atom is -0.464 e. The van der Waals surface area contributed by atoms with Crippen molar-refractivity contribution in [2.24, 2.45) is 7.05 Å². The average molecular weight is 463 g/mol. The van der Waals surface area contributed by atoms with Crippen LogP contribution in [0.5, 0.6) is 0 Å². The fourth-order valence-corrected chi connectivity index (χ4v) is 6.38. The van der Waals surface area contributed by atoms with Crippen LogP contribution in [-0.2, 0) is 26.6 Å². The maximum atomic E-state index is 13.2. The quantitative estimate of drug-likeness (QED) is 0.584. The molecule has 1 atom stereocenters. The smallest absolute Gasteiger partial charge is 0.354 e. The van der Waals surface area contributed by atoms with Crippen LogP contribution in [0, 0.1) is 6.92 Å². The van der Waals surface area contributed by atoms with Gasteiger partial charge in [0.1, 0.15) is 16.6 Å². The first kappa shape index (κ1) is 21.5. The van der Waals surface area contributed by atoms with Gasteiger partial charge in [0.05, 0.1) is 17.3 Å². The topological polar surface area (TPSA) is 111 Å². The number of aryl methyl sites for hydroxylation is 2. The highest BCUT2D eigenvalue weighted by Crippen LogP contribution is 2.30. The van der Waals surface area contributed by atoms with Gasteiger partial charge in [0, 0.05) is 19.8 Å². The van der Waals surface area contributed by atoms with Crippen LogP contribution >= 0.6 is 11.3 Å². The number of ether oxygens (including phenoxy) is 1. The Labute approximate surface area is 183 Å². The summed E-state index contributed by atoms with van der Waals surface area (Å²) in [6.45, 7) is 2.20. The number of nitrogens with one attached hydrogen (secondary N) is 1. The summed E-state index contributed by atoms with van der Waals surface area (Å²) in [7, 11) is -1.18. The number of fused-ring (bicyclic) bond motifs is 1. The highest BCUT2D eigenvalue weighted by molar-refractivity contribution is 7.89. The lowest BCUT2D eigenvalue weighted by Gasteiger charge is -2.22. The molecule has 11 heteroatoms. The highest BCUT2D eigenvalue weighted by Gasteiger charge is 2.40. The van der Waals surface area contributed by atoms with Crippen molar-refractivity contribution in [3.05, 3.63) is 41.7 Å². The molecule has 1 amide bonds. The van der Waals surface area contributed by atoms with Gasteiger partial charge in [-0.25, -0.2) is 18.2 Å². The van der Waals surface area contributed by atoms with Crippen LogP contribution in [-0.4, -0.2) is 53.8 Å². The lowest BCUT2D eigenvalue weighted by Crippen LogP contribution is -2.43. The van der Waals surface area contributed by atoms with Crippen molar-refractivity contribution in [1.82, 2.24) is 13.9 Å². The van der Waals surface area contributed by atoms with Crippen LogP contribution in [0.1, 0.15) is 28.9 Å². The maximum absolute atomic E-state index is 13.2. The number of hydrogen-bond donors (Lipinski definition) is 1. The van der Waals surface area contributed by atoms with E-state index in [9.17, 15) is 18.0 Å². The molecular weight excluding hydrogens is 440 g/mol. The van der Waals surface area contributed by atoms with E-state index in [1.165, 1.54) is 39.6 Å². The molecule has 0 unspecified atom stereocenters. The number of amides is 1. The molecule has 31 heavy (non-hydrogen) atoms. The summed E-state index contributed by atoms with van der Waals surface area (Å²) in [4.78, 5) is 29.2. The summed E-state index contributed by atoms with van der Waals surface area (Å²) in [6, 6.07) is 6.24. The molecular formula is C20H22N4O5S2. The molecule has 0 spiro atoms. The monoisotopic (exact) mass is 462 g/mol. The van der Waals surface area contributed by atoms with Crippen LogP contribution < -0.4 is 5.32 Å². The number of aromatic nitrogens is 2. The molecule has 1 fully saturated rings. The van der Waals surface area contributed by atoms with Gasteiger partial charge in [0.2, 0.25) is 15.9 Å². The third-order valence-corrected chi connectivity index (χ3v) is 8.07. The second-order valence-corrected chi connectivity index (χ2v) is 10.3. The third kappa shape index (κ3) is 3.95. The summed E-state index contributed by atoms with van der Waals surface area (Å²) in [5.41, 5.74) is 1.99. The molecule has 3 heterocycles. The van der Waals surface area contributed by atoms with Crippen molar-refractivity contribution < 1.29 is 22.7 Å². The van der Waals surface area contributed by atoms with E-state index >= 15 is 0 Å². The van der Waals surface area contributed by atoms with E-state index in [1.54, 1.807) is 7.05 Å². The molecule has 1 aromatic carbocycles. The Morgan fingerprint density at radius 1 is 1.29 bits per heavy atom. The van der Waals surface area contributed by atoms with Crippen LogP contribution in [0.4, 0.5) is 5.13 Å². The van der Waals surface area contributed by atoms with E-state index in [1.807, 2.05) is 25.1 Å². The number of anilines is 1. The van der Waals surface area contributed by atoms with E-state index in [-0.39, 0.29) is 17.1 Å². The minimum atomic E-state index is -3.97. The summed E-state index contributed by atoms with van der Waals surface area (Å²) in [5.74, 6) is -1.05. The zero-order valence-corrected chi connectivity index (χ0v) is 18.9. The number of thiazole rings is 1. The summed E-state index contributed by atoms with van der Waals surface area (Å²) < 4.78 is 34.7. The molecule has 1 aliphatic rings. The van der Waals surface area contributed by atoms with Crippen LogP contribution in [0.25, 0.3) is 10.2 Å². The second kappa shape index (κ2) is 8.06. The molecule has 1 saturated heterocycles. The van der Waals surface area contributed by atoms with Crippen molar-refractivity contribution in [1.29, 1.82) is 0 Å². The van der Waals surface area contributed by atoms with E-state index in [4.69, 9.17) is 0 Å². The van der Waals surface area contributed by atoms with E-state index in [0.29, 0.717) is 18.0 Å². The van der Waals surface area contributed by atoms with Crippen LogP contribution in [0.2, 0.25) is 0 Å². The van der Waals surface area contributed by atoms with Crippen molar-refractivity contribution in [2.45, 2.75) is 30.7 Å². The van der Waals surface area contributed by atoms with Crippen LogP contribution in [0.3, 0.4) is 0 Å². The average Bonchev–Trinajstić information content (AvgIpc) is 3.44. The number of sulfonamides is 1. The number of esters is 1. The van der Waals surface area contributed by atoms with Crippen molar-refractivity contribution in [2.75, 3.05) is 19.0 Å². The Morgan fingerprint density at radius 2 is 2.06 bits per heavy atom. The maximum Gasteiger partial charge on any atom is 0.354 e. The lowest BCUT2D eigenvalue weighted by molar-refractivity contribution is -0.119. The predicted molar refractivity (Wildman–Crippen MR) is 117 cm³/mol. The van der Waals surface area contributed by atoms with Gasteiger partial charge in [0.25, 0.3) is 0 Å². The fourth-order valence-electron chi connectivity index (χ4n) is 3.68. The molecule has 9 nitrogen and oxygen atoms in total. The van der Waals surface area contributed by atoms with E-state index in [2.05, 4.69) is 15.0 Å². The van der Waals surface area contributed by atoms with E-state index < -0.39 is 27.9 Å². The second-order valence-electron chi connectivity index (χ2n) is 7.42. The third-order valence-electron chi connectivity index (χ3n) is 5.26. The predicted octanol–water partition coefficient (Wildman–Crippen LogP) is 2.52. The summed E-state index contributed by atoms with van der Waals surface area (Å²) in [5, 5.41) is 3.21. The molecule has 0 saturated carbocycles. The van der Waals surface area contributed by atoms with E-state index in [0.717, 1.165) is 15.8 Å². The standard InChI is InChI=1S/C20H22N4O5S2/c1-12-6-7-14-17(9-12)30-20(21-14)22-18(25)15-5-4-8-24(15)31(27,28)13-10-16(19(26)29-3)23(2)11-13/h6-7,9-11,15H,4-5,8H2,1-3H3,(H,21,22,25)/t15-/m0/s1. The number of hydrogen-bond acceptors (Lipinski definition) is 7. The molecule has 164 valence electrons. The Balaban J connectivity index is 1.57. The van der Waals surface area contributed by atoms with Gasteiger partial charge in [-0.3, -0.25) is 4.79 Å². The Hall–Kier alpha value is -2.76. The first-order valence-corrected chi connectivity index (χ1v) is 11.9. The number of nitrogens with zero attached hydrogens (tertiary/aromatic N) is 3. The van der Waals surface area contributed by atoms with Crippen molar-refractivity contribution in [3.8, 4) is 0 Å². The van der Waals surface area contributed by atoms with Gasteiger partial charge in [0.15, 0.2) is 5.13 Å². The Morgan fingerprint density at radius 3 is 2.81 bits per heavy atom. The fraction of sp³-hybridized carbons (Fsp3) is 0.350. The van der Waals surface area contributed by atoms with Gasteiger partial charge in [-0.2, -0.15) is 4.31 Å². The molecule has 1 aliphatic heterocycles. The molecule has 0 radical (unpaired) electrons. The number of methoxy groups -OCH3 is 1. The number of benzene rings is 1. The molecule has 0 aliphatic carbocycles. The first-order chi connectivity index (χ1) is 14.7. The van der Waals surface area contributed by atoms with Gasteiger partial charge in [-0.15, -0.1) is 0 Å². The Bertz CT molecular complexity index is 1280. The zero-order valence-electron chi connectivity index (χ0n) is 17.3. The molecule has 3 aromatic rings. The molecule has 4 rings (SSSR count).